The molecule has 0 atom stereocenters. The molecule has 1 N–H and O–H groups in total. The predicted octanol–water partition coefficient (Wildman–Crippen LogP) is 3.94. The number of nitrogens with one attached hydrogen (secondary N) is 1. The summed E-state index contributed by atoms with van der Waals surface area (Å²) in [6.45, 7) is 1.35. The number of nitrogens with zero attached hydrogens (tertiary/aromatic N) is 1. The van der Waals surface area contributed by atoms with Crippen LogP contribution in [0.2, 0.25) is 0 Å². The Hall–Kier alpha value is -1.39. The first-order valence-corrected chi connectivity index (χ1v) is 7.28. The van der Waals surface area contributed by atoms with E-state index in [0.29, 0.717) is 18.8 Å². The summed E-state index contributed by atoms with van der Waals surface area (Å²) in [6.07, 6.45) is 0. The van der Waals surface area contributed by atoms with Gasteiger partial charge in [0.2, 0.25) is 0 Å². The average Bonchev–Trinajstić information content (AvgIpc) is 2.42. The van der Waals surface area contributed by atoms with Gasteiger partial charge in [-0.25, -0.2) is 4.39 Å². The van der Waals surface area contributed by atoms with Gasteiger partial charge in [-0.1, -0.05) is 34.1 Å². The third-order valence-electron chi connectivity index (χ3n) is 3.14. The molecule has 0 aliphatic rings. The first-order valence-electron chi connectivity index (χ1n) is 6.49. The Morgan fingerprint density at radius 3 is 2.35 bits per heavy atom. The molecule has 20 heavy (non-hydrogen) atoms. The highest BCUT2D eigenvalue weighted by Crippen LogP contribution is 2.21. The number of halogens is 2. The molecule has 106 valence electrons. The summed E-state index contributed by atoms with van der Waals surface area (Å²) in [5.74, 6) is -0.183. The zero-order valence-corrected chi connectivity index (χ0v) is 13.2. The fraction of sp³-hybridized carbons (Fsp3) is 0.250. The van der Waals surface area contributed by atoms with Gasteiger partial charge in [0, 0.05) is 24.6 Å². The van der Waals surface area contributed by atoms with Gasteiger partial charge >= 0.3 is 0 Å². The van der Waals surface area contributed by atoms with Crippen LogP contribution < -0.4 is 10.2 Å². The van der Waals surface area contributed by atoms with Gasteiger partial charge in [0.1, 0.15) is 5.82 Å². The second kappa shape index (κ2) is 6.86. The molecule has 0 heterocycles. The maximum atomic E-state index is 14.1. The van der Waals surface area contributed by atoms with Crippen molar-refractivity contribution in [2.75, 3.05) is 19.0 Å². The topological polar surface area (TPSA) is 15.3 Å². The van der Waals surface area contributed by atoms with Crippen LogP contribution in [0.15, 0.2) is 46.9 Å². The van der Waals surface area contributed by atoms with E-state index in [2.05, 4.69) is 21.2 Å². The number of hydrogen-bond acceptors (Lipinski definition) is 2. The lowest BCUT2D eigenvalue weighted by atomic mass is 10.1. The summed E-state index contributed by atoms with van der Waals surface area (Å²) < 4.78 is 15.2. The number of hydrogen-bond donors (Lipinski definition) is 1. The van der Waals surface area contributed by atoms with Gasteiger partial charge in [-0.05, 0) is 42.4 Å². The molecule has 0 saturated carbocycles. The van der Waals surface area contributed by atoms with Crippen molar-refractivity contribution >= 4 is 21.6 Å². The monoisotopic (exact) mass is 336 g/mol. The maximum Gasteiger partial charge on any atom is 0.146 e. The molecule has 2 rings (SSSR count). The molecule has 0 aliphatic carbocycles. The maximum absolute atomic E-state index is 14.1. The van der Waals surface area contributed by atoms with Gasteiger partial charge in [-0.15, -0.1) is 0 Å². The summed E-state index contributed by atoms with van der Waals surface area (Å²) in [4.78, 5) is 1.92. The third kappa shape index (κ3) is 3.81. The highest BCUT2D eigenvalue weighted by atomic mass is 79.9. The van der Waals surface area contributed by atoms with Gasteiger partial charge in [0.05, 0.1) is 5.69 Å². The van der Waals surface area contributed by atoms with Gasteiger partial charge in [-0.2, -0.15) is 0 Å². The molecule has 0 aliphatic heterocycles. The minimum atomic E-state index is -0.183. The van der Waals surface area contributed by atoms with E-state index >= 15 is 0 Å². The van der Waals surface area contributed by atoms with Crippen molar-refractivity contribution in [2.24, 2.45) is 0 Å². The Morgan fingerprint density at radius 1 is 1.10 bits per heavy atom. The zero-order chi connectivity index (χ0) is 14.5. The first-order chi connectivity index (χ1) is 9.60. The number of rotatable bonds is 5. The highest BCUT2D eigenvalue weighted by Gasteiger charge is 2.09. The molecule has 0 spiro atoms. The van der Waals surface area contributed by atoms with Gasteiger partial charge < -0.3 is 10.2 Å². The Kier molecular flexibility index (Phi) is 5.15. The number of anilines is 1. The summed E-state index contributed by atoms with van der Waals surface area (Å²) in [5.41, 5.74) is 2.72. The fourth-order valence-corrected chi connectivity index (χ4v) is 2.39. The van der Waals surface area contributed by atoms with E-state index in [1.807, 2.05) is 55.4 Å². The Bertz CT molecular complexity index is 569. The molecule has 0 unspecified atom stereocenters. The molecule has 0 saturated heterocycles. The highest BCUT2D eigenvalue weighted by molar-refractivity contribution is 9.10. The van der Waals surface area contributed by atoms with E-state index in [4.69, 9.17) is 0 Å². The smallest absolute Gasteiger partial charge is 0.146 e. The van der Waals surface area contributed by atoms with Crippen LogP contribution in [-0.2, 0) is 13.1 Å². The SMILES string of the molecule is CNCc1ccc(N(C)Cc2ccc(Br)cc2)c(F)c1. The van der Waals surface area contributed by atoms with E-state index in [9.17, 15) is 4.39 Å². The van der Waals surface area contributed by atoms with Crippen molar-refractivity contribution in [3.63, 3.8) is 0 Å². The molecule has 0 amide bonds. The molecule has 0 radical (unpaired) electrons. The van der Waals surface area contributed by atoms with Crippen LogP contribution in [0.1, 0.15) is 11.1 Å². The summed E-state index contributed by atoms with van der Waals surface area (Å²) >= 11 is 3.41. The van der Waals surface area contributed by atoms with E-state index < -0.39 is 0 Å². The molecular weight excluding hydrogens is 319 g/mol. The lowest BCUT2D eigenvalue weighted by molar-refractivity contribution is 0.618. The second-order valence-electron chi connectivity index (χ2n) is 4.80. The lowest BCUT2D eigenvalue weighted by Crippen LogP contribution is -2.18. The van der Waals surface area contributed by atoms with Crippen LogP contribution in [-0.4, -0.2) is 14.1 Å². The summed E-state index contributed by atoms with van der Waals surface area (Å²) in [6, 6.07) is 13.4. The summed E-state index contributed by atoms with van der Waals surface area (Å²) in [5, 5.41) is 3.02. The van der Waals surface area contributed by atoms with Gasteiger partial charge in [-0.3, -0.25) is 0 Å². The van der Waals surface area contributed by atoms with Crippen molar-refractivity contribution in [2.45, 2.75) is 13.1 Å². The van der Waals surface area contributed by atoms with Crippen LogP contribution >= 0.6 is 15.9 Å². The molecule has 0 bridgehead atoms. The Labute approximate surface area is 127 Å². The molecular formula is C16H18BrFN2. The molecule has 0 aromatic heterocycles. The van der Waals surface area contributed by atoms with Crippen molar-refractivity contribution in [1.82, 2.24) is 5.32 Å². The van der Waals surface area contributed by atoms with Crippen LogP contribution in [0.5, 0.6) is 0 Å². The van der Waals surface area contributed by atoms with Crippen LogP contribution in [0.3, 0.4) is 0 Å². The van der Waals surface area contributed by atoms with Crippen molar-refractivity contribution in [3.8, 4) is 0 Å². The zero-order valence-electron chi connectivity index (χ0n) is 11.7. The van der Waals surface area contributed by atoms with Gasteiger partial charge in [0.25, 0.3) is 0 Å². The minimum absolute atomic E-state index is 0.183. The second-order valence-corrected chi connectivity index (χ2v) is 5.71. The normalized spacial score (nSPS) is 10.6. The predicted molar refractivity (Wildman–Crippen MR) is 85.4 cm³/mol. The van der Waals surface area contributed by atoms with E-state index in [0.717, 1.165) is 15.6 Å². The van der Waals surface area contributed by atoms with E-state index in [-0.39, 0.29) is 5.82 Å². The average molecular weight is 337 g/mol. The Balaban J connectivity index is 2.12. The van der Waals surface area contributed by atoms with Crippen molar-refractivity contribution in [3.05, 3.63) is 63.9 Å². The van der Waals surface area contributed by atoms with Crippen LogP contribution in [0.4, 0.5) is 10.1 Å². The van der Waals surface area contributed by atoms with Crippen molar-refractivity contribution in [1.29, 1.82) is 0 Å². The quantitative estimate of drug-likeness (QED) is 0.889. The molecule has 2 aromatic carbocycles. The lowest BCUT2D eigenvalue weighted by Gasteiger charge is -2.20. The largest absolute Gasteiger partial charge is 0.368 e. The first kappa shape index (κ1) is 15.0. The van der Waals surface area contributed by atoms with Gasteiger partial charge in [0.15, 0.2) is 0 Å². The van der Waals surface area contributed by atoms with Crippen LogP contribution in [0, 0.1) is 5.82 Å². The van der Waals surface area contributed by atoms with Crippen LogP contribution in [0.25, 0.3) is 0 Å². The molecule has 0 fully saturated rings. The molecule has 2 nitrogen and oxygen atoms in total. The third-order valence-corrected chi connectivity index (χ3v) is 3.67. The molecule has 2 aromatic rings. The number of benzene rings is 2. The standard InChI is InChI=1S/C16H18BrFN2/c1-19-10-13-5-8-16(15(18)9-13)20(2)11-12-3-6-14(17)7-4-12/h3-9,19H,10-11H2,1-2H3. The summed E-state index contributed by atoms with van der Waals surface area (Å²) in [7, 11) is 3.75. The molecule has 4 heteroatoms. The Morgan fingerprint density at radius 2 is 1.75 bits per heavy atom. The van der Waals surface area contributed by atoms with E-state index in [1.54, 1.807) is 6.07 Å². The minimum Gasteiger partial charge on any atom is -0.368 e. The fourth-order valence-electron chi connectivity index (χ4n) is 2.12. The van der Waals surface area contributed by atoms with E-state index in [1.165, 1.54) is 0 Å². The van der Waals surface area contributed by atoms with Crippen molar-refractivity contribution < 1.29 is 4.39 Å².